The van der Waals surface area contributed by atoms with Crippen LogP contribution in [0.1, 0.15) is 56.2 Å². The number of H-pyrrole nitrogens is 1. The Labute approximate surface area is 247 Å². The van der Waals surface area contributed by atoms with Crippen molar-refractivity contribution >= 4 is 40.7 Å². The highest BCUT2D eigenvalue weighted by Gasteiger charge is 2.34. The first-order chi connectivity index (χ1) is 20.2. The van der Waals surface area contributed by atoms with Crippen LogP contribution in [0.15, 0.2) is 72.9 Å². The van der Waals surface area contributed by atoms with E-state index in [1.54, 1.807) is 40.0 Å². The minimum absolute atomic E-state index is 0.0194. The second kappa shape index (κ2) is 12.4. The first-order valence-electron chi connectivity index (χ1n) is 13.5. The minimum Gasteiger partial charge on any atom is -0.357 e. The maximum Gasteiger partial charge on any atom is 0.276 e. The molecule has 5 rings (SSSR count). The Balaban J connectivity index is 1.49. The molecule has 0 saturated carbocycles. The van der Waals surface area contributed by atoms with E-state index in [0.717, 1.165) is 11.3 Å². The van der Waals surface area contributed by atoms with Crippen molar-refractivity contribution < 1.29 is 18.8 Å². The van der Waals surface area contributed by atoms with Gasteiger partial charge in [0.25, 0.3) is 11.8 Å². The van der Waals surface area contributed by atoms with Gasteiger partial charge in [0.2, 0.25) is 5.91 Å². The lowest BCUT2D eigenvalue weighted by Gasteiger charge is -2.32. The lowest BCUT2D eigenvalue weighted by Crippen LogP contribution is -2.38. The van der Waals surface area contributed by atoms with Crippen LogP contribution in [-0.4, -0.2) is 49.8 Å². The molecule has 3 amide bonds. The zero-order chi connectivity index (χ0) is 29.8. The number of carbonyl (C=O) groups is 3. The Hall–Kier alpha value is -4.70. The monoisotopic (exact) mass is 588 g/mol. The van der Waals surface area contributed by atoms with Crippen LogP contribution >= 0.6 is 11.6 Å². The standard InChI is InChI=1S/C31H30ClFN6O3/c1-19-6-3-7-22(14-19)35-30(41)28-23-18-38(31(42)25-8-5-13-34-25)16-20(2)29(23)39(37-28)17-21-10-11-24(33)26(15-21)36-27(40)9-4-12-32/h3-11,13-15,20,34H,12,16-18H2,1-2H3,(H,35,41)(H,36,40)/b9-4+/t20-/m1/s1. The molecule has 0 bridgehead atoms. The molecule has 0 spiro atoms. The first-order valence-corrected chi connectivity index (χ1v) is 14.0. The number of hydrogen-bond donors (Lipinski definition) is 3. The summed E-state index contributed by atoms with van der Waals surface area (Å²) in [6.07, 6.45) is 4.39. The van der Waals surface area contributed by atoms with Gasteiger partial charge in [-0.15, -0.1) is 11.6 Å². The Bertz CT molecular complexity index is 1660. The number of halogens is 2. The lowest BCUT2D eigenvalue weighted by molar-refractivity contribution is -0.111. The molecular formula is C31H30ClFN6O3. The number of aryl methyl sites for hydroxylation is 1. The van der Waals surface area contributed by atoms with Gasteiger partial charge < -0.3 is 20.5 Å². The van der Waals surface area contributed by atoms with E-state index >= 15 is 0 Å². The predicted molar refractivity (Wildman–Crippen MR) is 159 cm³/mol. The van der Waals surface area contributed by atoms with Crippen LogP contribution in [-0.2, 0) is 17.9 Å². The van der Waals surface area contributed by atoms with E-state index in [9.17, 15) is 18.8 Å². The van der Waals surface area contributed by atoms with Crippen LogP contribution in [0.2, 0.25) is 0 Å². The van der Waals surface area contributed by atoms with Gasteiger partial charge in [-0.1, -0.05) is 31.2 Å². The van der Waals surface area contributed by atoms with Crippen molar-refractivity contribution in [3.05, 3.63) is 113 Å². The summed E-state index contributed by atoms with van der Waals surface area (Å²) in [5.74, 6) is -1.64. The highest BCUT2D eigenvalue weighted by atomic mass is 35.5. The third-order valence-corrected chi connectivity index (χ3v) is 7.17. The van der Waals surface area contributed by atoms with E-state index in [0.29, 0.717) is 29.1 Å². The number of carbonyl (C=O) groups excluding carboxylic acids is 3. The summed E-state index contributed by atoms with van der Waals surface area (Å²) in [6, 6.07) is 15.4. The number of aromatic amines is 1. The van der Waals surface area contributed by atoms with Crippen molar-refractivity contribution in [2.45, 2.75) is 32.9 Å². The zero-order valence-corrected chi connectivity index (χ0v) is 23.9. The summed E-state index contributed by atoms with van der Waals surface area (Å²) < 4.78 is 16.3. The van der Waals surface area contributed by atoms with Gasteiger partial charge in [-0.25, -0.2) is 4.39 Å². The Morgan fingerprint density at radius 2 is 1.98 bits per heavy atom. The maximum atomic E-state index is 14.5. The molecule has 3 N–H and O–H groups in total. The average Bonchev–Trinajstić information content (AvgIpc) is 3.62. The molecule has 0 aliphatic carbocycles. The zero-order valence-electron chi connectivity index (χ0n) is 23.2. The number of fused-ring (bicyclic) bond motifs is 1. The van der Waals surface area contributed by atoms with Crippen LogP contribution in [0.4, 0.5) is 15.8 Å². The number of alkyl halides is 1. The summed E-state index contributed by atoms with van der Waals surface area (Å²) in [5, 5.41) is 10.2. The summed E-state index contributed by atoms with van der Waals surface area (Å²) in [6.45, 7) is 4.76. The van der Waals surface area contributed by atoms with Crippen molar-refractivity contribution in [2.75, 3.05) is 23.1 Å². The fraction of sp³-hybridized carbons (Fsp3) is 0.226. The molecular weight excluding hydrogens is 559 g/mol. The molecule has 0 saturated heterocycles. The van der Waals surface area contributed by atoms with Gasteiger partial charge in [0, 0.05) is 47.6 Å². The number of nitrogens with zero attached hydrogens (tertiary/aromatic N) is 3. The second-order valence-electron chi connectivity index (χ2n) is 10.2. The molecule has 0 radical (unpaired) electrons. The average molecular weight is 589 g/mol. The molecule has 11 heteroatoms. The molecule has 1 aliphatic heterocycles. The predicted octanol–water partition coefficient (Wildman–Crippen LogP) is 5.45. The van der Waals surface area contributed by atoms with E-state index in [2.05, 4.69) is 15.6 Å². The Kier molecular flexibility index (Phi) is 8.53. The molecule has 42 heavy (non-hydrogen) atoms. The fourth-order valence-electron chi connectivity index (χ4n) is 5.16. The molecule has 2 aromatic heterocycles. The Morgan fingerprint density at radius 1 is 1.14 bits per heavy atom. The molecule has 1 atom stereocenters. The summed E-state index contributed by atoms with van der Waals surface area (Å²) in [5.41, 5.74) is 4.46. The first kappa shape index (κ1) is 28.8. The van der Waals surface area contributed by atoms with E-state index in [1.807, 2.05) is 32.0 Å². The van der Waals surface area contributed by atoms with Crippen LogP contribution in [0, 0.1) is 12.7 Å². The van der Waals surface area contributed by atoms with Crippen LogP contribution in [0.25, 0.3) is 0 Å². The number of anilines is 2. The lowest BCUT2D eigenvalue weighted by atomic mass is 9.95. The van der Waals surface area contributed by atoms with Gasteiger partial charge in [0.15, 0.2) is 5.69 Å². The maximum absolute atomic E-state index is 14.5. The van der Waals surface area contributed by atoms with E-state index in [-0.39, 0.29) is 42.2 Å². The van der Waals surface area contributed by atoms with E-state index in [1.165, 1.54) is 24.3 Å². The van der Waals surface area contributed by atoms with Crippen LogP contribution in [0.3, 0.4) is 0 Å². The third kappa shape index (κ3) is 6.28. The fourth-order valence-corrected chi connectivity index (χ4v) is 5.25. The van der Waals surface area contributed by atoms with Gasteiger partial charge in [0.05, 0.1) is 18.8 Å². The number of aromatic nitrogens is 3. The molecule has 2 aromatic carbocycles. The highest BCUT2D eigenvalue weighted by Crippen LogP contribution is 2.32. The molecule has 0 fully saturated rings. The van der Waals surface area contributed by atoms with Crippen molar-refractivity contribution in [3.63, 3.8) is 0 Å². The summed E-state index contributed by atoms with van der Waals surface area (Å²) >= 11 is 5.59. The van der Waals surface area contributed by atoms with Gasteiger partial charge in [-0.05, 0) is 54.4 Å². The molecule has 4 aromatic rings. The molecule has 0 unspecified atom stereocenters. The van der Waals surface area contributed by atoms with Crippen molar-refractivity contribution in [2.24, 2.45) is 0 Å². The highest BCUT2D eigenvalue weighted by molar-refractivity contribution is 6.19. The van der Waals surface area contributed by atoms with Crippen molar-refractivity contribution in [3.8, 4) is 0 Å². The van der Waals surface area contributed by atoms with Crippen molar-refractivity contribution in [1.29, 1.82) is 0 Å². The van der Waals surface area contributed by atoms with E-state index < -0.39 is 17.6 Å². The second-order valence-corrected chi connectivity index (χ2v) is 10.5. The number of benzene rings is 2. The number of hydrogen-bond acceptors (Lipinski definition) is 4. The quantitative estimate of drug-likeness (QED) is 0.188. The molecule has 3 heterocycles. The molecule has 9 nitrogen and oxygen atoms in total. The topological polar surface area (TPSA) is 112 Å². The van der Waals surface area contributed by atoms with Gasteiger partial charge in [0.1, 0.15) is 11.5 Å². The minimum atomic E-state index is -0.584. The van der Waals surface area contributed by atoms with Gasteiger partial charge >= 0.3 is 0 Å². The normalized spacial score (nSPS) is 14.6. The third-order valence-electron chi connectivity index (χ3n) is 6.99. The Morgan fingerprint density at radius 3 is 2.71 bits per heavy atom. The smallest absolute Gasteiger partial charge is 0.276 e. The van der Waals surface area contributed by atoms with E-state index in [4.69, 9.17) is 16.7 Å². The largest absolute Gasteiger partial charge is 0.357 e. The van der Waals surface area contributed by atoms with Crippen LogP contribution < -0.4 is 10.6 Å². The SMILES string of the molecule is Cc1cccc(NC(=O)c2nn(Cc3ccc(F)c(NC(=O)/C=C/CCl)c3)c3c2CN(C(=O)c2ccc[nH]2)C[C@H]3C)c1. The number of allylic oxidation sites excluding steroid dienone is 1. The van der Waals surface area contributed by atoms with Gasteiger partial charge in [-0.3, -0.25) is 19.1 Å². The molecule has 1 aliphatic rings. The van der Waals surface area contributed by atoms with Crippen molar-refractivity contribution in [1.82, 2.24) is 19.7 Å². The molecule has 216 valence electrons. The number of nitrogens with one attached hydrogen (secondary N) is 3. The van der Waals surface area contributed by atoms with Crippen LogP contribution in [0.5, 0.6) is 0 Å². The number of rotatable bonds is 8. The number of amides is 3. The van der Waals surface area contributed by atoms with Gasteiger partial charge in [-0.2, -0.15) is 5.10 Å². The summed E-state index contributed by atoms with van der Waals surface area (Å²) in [4.78, 5) is 43.6. The summed E-state index contributed by atoms with van der Waals surface area (Å²) in [7, 11) is 0.